The van der Waals surface area contributed by atoms with Gasteiger partial charge in [-0.1, -0.05) is 6.92 Å². The average Bonchev–Trinajstić information content (AvgIpc) is 2.40. The van der Waals surface area contributed by atoms with E-state index in [-0.39, 0.29) is 6.04 Å². The molecule has 1 saturated carbocycles. The summed E-state index contributed by atoms with van der Waals surface area (Å²) in [7, 11) is 2.23. The van der Waals surface area contributed by atoms with Crippen LogP contribution in [0.4, 0.5) is 0 Å². The number of rotatable bonds is 4. The summed E-state index contributed by atoms with van der Waals surface area (Å²) in [5, 5.41) is 0. The molecule has 3 nitrogen and oxygen atoms in total. The van der Waals surface area contributed by atoms with Crippen molar-refractivity contribution in [2.75, 3.05) is 7.05 Å². The predicted molar refractivity (Wildman–Crippen MR) is 79.8 cm³/mol. The van der Waals surface area contributed by atoms with Crippen LogP contribution in [0.25, 0.3) is 0 Å². The second-order valence-electron chi connectivity index (χ2n) is 6.16. The summed E-state index contributed by atoms with van der Waals surface area (Å²) in [6, 6.07) is 5.28. The lowest BCUT2D eigenvalue weighted by Gasteiger charge is -2.40. The van der Waals surface area contributed by atoms with Crippen molar-refractivity contribution in [2.24, 2.45) is 11.7 Å². The van der Waals surface area contributed by atoms with Gasteiger partial charge in [-0.15, -0.1) is 0 Å². The fourth-order valence-corrected chi connectivity index (χ4v) is 3.35. The van der Waals surface area contributed by atoms with E-state index in [4.69, 9.17) is 5.73 Å². The Morgan fingerprint density at radius 1 is 1.21 bits per heavy atom. The molecule has 0 amide bonds. The zero-order valence-corrected chi connectivity index (χ0v) is 12.4. The molecule has 2 rings (SSSR count). The molecular formula is C16H27N3. The Morgan fingerprint density at radius 3 is 2.32 bits per heavy atom. The maximum atomic E-state index is 6.24. The molecule has 0 aromatic carbocycles. The summed E-state index contributed by atoms with van der Waals surface area (Å²) in [6.45, 7) is 4.47. The van der Waals surface area contributed by atoms with E-state index in [1.165, 1.54) is 31.2 Å². The van der Waals surface area contributed by atoms with Crippen molar-refractivity contribution in [3.8, 4) is 0 Å². The average molecular weight is 261 g/mol. The highest BCUT2D eigenvalue weighted by atomic mass is 15.2. The lowest BCUT2D eigenvalue weighted by molar-refractivity contribution is 0.111. The van der Waals surface area contributed by atoms with Gasteiger partial charge in [0.05, 0.1) is 0 Å². The van der Waals surface area contributed by atoms with E-state index >= 15 is 0 Å². The van der Waals surface area contributed by atoms with Crippen molar-refractivity contribution in [2.45, 2.75) is 57.7 Å². The third kappa shape index (κ3) is 3.54. The highest BCUT2D eigenvalue weighted by Gasteiger charge is 2.29. The van der Waals surface area contributed by atoms with Crippen LogP contribution in [-0.2, 0) is 0 Å². The van der Waals surface area contributed by atoms with E-state index in [1.54, 1.807) is 0 Å². The molecule has 1 aromatic rings. The smallest absolute Gasteiger partial charge is 0.0497 e. The van der Waals surface area contributed by atoms with E-state index in [0.29, 0.717) is 12.1 Å². The van der Waals surface area contributed by atoms with Crippen LogP contribution in [0.5, 0.6) is 0 Å². The molecule has 3 heteroatoms. The SMILES string of the molecule is CC1CCC(N(C)C(c2ccncc2)C(C)N)CC1. The van der Waals surface area contributed by atoms with Crippen molar-refractivity contribution in [3.63, 3.8) is 0 Å². The number of aromatic nitrogens is 1. The topological polar surface area (TPSA) is 42.2 Å². The summed E-state index contributed by atoms with van der Waals surface area (Å²) in [5.74, 6) is 0.888. The van der Waals surface area contributed by atoms with Crippen LogP contribution in [-0.4, -0.2) is 29.0 Å². The van der Waals surface area contributed by atoms with Crippen molar-refractivity contribution >= 4 is 0 Å². The summed E-state index contributed by atoms with van der Waals surface area (Å²) in [5.41, 5.74) is 7.52. The first kappa shape index (κ1) is 14.5. The quantitative estimate of drug-likeness (QED) is 0.906. The van der Waals surface area contributed by atoms with Gasteiger partial charge in [-0.3, -0.25) is 9.88 Å². The second-order valence-corrected chi connectivity index (χ2v) is 6.16. The first-order valence-electron chi connectivity index (χ1n) is 7.47. The highest BCUT2D eigenvalue weighted by molar-refractivity contribution is 5.17. The zero-order valence-electron chi connectivity index (χ0n) is 12.4. The molecule has 106 valence electrons. The predicted octanol–water partition coefficient (Wildman–Crippen LogP) is 2.98. The molecule has 2 atom stereocenters. The van der Waals surface area contributed by atoms with Gasteiger partial charge in [-0.2, -0.15) is 0 Å². The van der Waals surface area contributed by atoms with E-state index in [0.717, 1.165) is 5.92 Å². The van der Waals surface area contributed by atoms with Crippen molar-refractivity contribution in [1.82, 2.24) is 9.88 Å². The van der Waals surface area contributed by atoms with Gasteiger partial charge < -0.3 is 5.73 Å². The number of likely N-dealkylation sites (N-methyl/N-ethyl adjacent to an activating group) is 1. The molecule has 19 heavy (non-hydrogen) atoms. The van der Waals surface area contributed by atoms with Gasteiger partial charge >= 0.3 is 0 Å². The van der Waals surface area contributed by atoms with Gasteiger partial charge in [0, 0.05) is 30.5 Å². The molecule has 1 aliphatic carbocycles. The lowest BCUT2D eigenvalue weighted by atomic mass is 9.85. The van der Waals surface area contributed by atoms with E-state index in [2.05, 4.69) is 42.9 Å². The number of nitrogens with zero attached hydrogens (tertiary/aromatic N) is 2. The fourth-order valence-electron chi connectivity index (χ4n) is 3.35. The number of hydrogen-bond donors (Lipinski definition) is 1. The van der Waals surface area contributed by atoms with Crippen LogP contribution in [0.2, 0.25) is 0 Å². The molecule has 0 saturated heterocycles. The van der Waals surface area contributed by atoms with Gasteiger partial charge in [-0.05, 0) is 63.3 Å². The summed E-state index contributed by atoms with van der Waals surface area (Å²) in [6.07, 6.45) is 9.01. The van der Waals surface area contributed by atoms with Gasteiger partial charge in [-0.25, -0.2) is 0 Å². The Hall–Kier alpha value is -0.930. The molecule has 1 aromatic heterocycles. The highest BCUT2D eigenvalue weighted by Crippen LogP contribution is 2.32. The van der Waals surface area contributed by atoms with Gasteiger partial charge in [0.25, 0.3) is 0 Å². The van der Waals surface area contributed by atoms with Crippen molar-refractivity contribution in [1.29, 1.82) is 0 Å². The molecule has 0 bridgehead atoms. The summed E-state index contributed by atoms with van der Waals surface area (Å²) >= 11 is 0. The normalized spacial score (nSPS) is 27.2. The Balaban J connectivity index is 2.11. The van der Waals surface area contributed by atoms with Gasteiger partial charge in [0.1, 0.15) is 0 Å². The van der Waals surface area contributed by atoms with Crippen LogP contribution in [0.1, 0.15) is 51.1 Å². The van der Waals surface area contributed by atoms with Crippen molar-refractivity contribution < 1.29 is 0 Å². The van der Waals surface area contributed by atoms with Crippen LogP contribution >= 0.6 is 0 Å². The van der Waals surface area contributed by atoms with Gasteiger partial charge in [0.15, 0.2) is 0 Å². The minimum atomic E-state index is 0.131. The molecule has 0 aliphatic heterocycles. The van der Waals surface area contributed by atoms with Crippen LogP contribution in [0.3, 0.4) is 0 Å². The molecule has 0 radical (unpaired) electrons. The largest absolute Gasteiger partial charge is 0.326 e. The number of pyridine rings is 1. The van der Waals surface area contributed by atoms with Crippen molar-refractivity contribution in [3.05, 3.63) is 30.1 Å². The summed E-state index contributed by atoms with van der Waals surface area (Å²) in [4.78, 5) is 6.60. The molecule has 1 heterocycles. The number of hydrogen-bond acceptors (Lipinski definition) is 3. The maximum absolute atomic E-state index is 6.24. The summed E-state index contributed by atoms with van der Waals surface area (Å²) < 4.78 is 0. The van der Waals surface area contributed by atoms with Crippen LogP contribution in [0, 0.1) is 5.92 Å². The molecule has 1 fully saturated rings. The third-order valence-corrected chi connectivity index (χ3v) is 4.55. The molecule has 2 N–H and O–H groups in total. The van der Waals surface area contributed by atoms with E-state index in [9.17, 15) is 0 Å². The zero-order chi connectivity index (χ0) is 13.8. The first-order chi connectivity index (χ1) is 9.09. The third-order valence-electron chi connectivity index (χ3n) is 4.55. The first-order valence-corrected chi connectivity index (χ1v) is 7.47. The lowest BCUT2D eigenvalue weighted by Crippen LogP contribution is -2.44. The molecule has 0 spiro atoms. The Kier molecular flexibility index (Phi) is 4.94. The fraction of sp³-hybridized carbons (Fsp3) is 0.688. The van der Waals surface area contributed by atoms with Gasteiger partial charge in [0.2, 0.25) is 0 Å². The monoisotopic (exact) mass is 261 g/mol. The van der Waals surface area contributed by atoms with E-state index in [1.807, 2.05) is 12.4 Å². The Labute approximate surface area is 117 Å². The minimum Gasteiger partial charge on any atom is -0.326 e. The standard InChI is InChI=1S/C16H27N3/c1-12-4-6-15(7-5-12)19(3)16(13(2)17)14-8-10-18-11-9-14/h8-13,15-16H,4-7,17H2,1-3H3. The van der Waals surface area contributed by atoms with Crippen LogP contribution < -0.4 is 5.73 Å². The van der Waals surface area contributed by atoms with Crippen LogP contribution in [0.15, 0.2) is 24.5 Å². The second kappa shape index (κ2) is 6.49. The molecular weight excluding hydrogens is 234 g/mol. The number of nitrogens with two attached hydrogens (primary N) is 1. The Bertz CT molecular complexity index is 369. The maximum Gasteiger partial charge on any atom is 0.0497 e. The van der Waals surface area contributed by atoms with E-state index < -0.39 is 0 Å². The minimum absolute atomic E-state index is 0.131. The molecule has 1 aliphatic rings. The molecule has 2 unspecified atom stereocenters. The Morgan fingerprint density at radius 2 is 1.79 bits per heavy atom.